The van der Waals surface area contributed by atoms with Gasteiger partial charge in [-0.25, -0.2) is 0 Å². The summed E-state index contributed by atoms with van der Waals surface area (Å²) < 4.78 is 1.88. The van der Waals surface area contributed by atoms with Crippen LogP contribution in [0, 0.1) is 0 Å². The lowest BCUT2D eigenvalue weighted by Gasteiger charge is -2.20. The maximum Gasteiger partial charge on any atom is 0.193 e. The van der Waals surface area contributed by atoms with Crippen molar-refractivity contribution in [2.24, 2.45) is 12.0 Å². The smallest absolute Gasteiger partial charge is 0.193 e. The fraction of sp³-hybridized carbons (Fsp3) is 0.667. The van der Waals surface area contributed by atoms with E-state index in [1.807, 2.05) is 25.8 Å². The molecule has 0 bridgehead atoms. The topological polar surface area (TPSA) is 45.5 Å². The Balaban J connectivity index is 0.00000289. The Hall–Kier alpha value is -0.790. The van der Waals surface area contributed by atoms with Crippen LogP contribution < -0.4 is 5.32 Å². The molecule has 0 saturated carbocycles. The summed E-state index contributed by atoms with van der Waals surface area (Å²) in [5.41, 5.74) is 2.41. The summed E-state index contributed by atoms with van der Waals surface area (Å²) in [5.74, 6) is 1.32. The second-order valence-corrected chi connectivity index (χ2v) is 4.52. The molecule has 1 rings (SSSR count). The highest BCUT2D eigenvalue weighted by atomic mass is 127. The molecule has 0 spiro atoms. The fourth-order valence-corrected chi connectivity index (χ4v) is 1.97. The van der Waals surface area contributed by atoms with E-state index >= 15 is 0 Å². The summed E-state index contributed by atoms with van der Waals surface area (Å²) in [6.45, 7) is 5.15. The number of halogens is 1. The number of hydrogen-bond donors (Lipinski definition) is 1. The summed E-state index contributed by atoms with van der Waals surface area (Å²) in [6.07, 6.45) is 2.08. The maximum absolute atomic E-state index is 4.50. The molecule has 6 heteroatoms. The van der Waals surface area contributed by atoms with Crippen molar-refractivity contribution in [2.45, 2.75) is 26.3 Å². The van der Waals surface area contributed by atoms with E-state index in [1.165, 1.54) is 5.56 Å². The van der Waals surface area contributed by atoms with E-state index in [1.54, 1.807) is 7.05 Å². The van der Waals surface area contributed by atoms with E-state index in [-0.39, 0.29) is 24.0 Å². The molecule has 0 amide bonds. The lowest BCUT2D eigenvalue weighted by molar-refractivity contribution is 0.479. The molecular weight excluding hydrogens is 341 g/mol. The van der Waals surface area contributed by atoms with Gasteiger partial charge in [-0.05, 0) is 5.92 Å². The van der Waals surface area contributed by atoms with Crippen molar-refractivity contribution >= 4 is 29.9 Å². The highest BCUT2D eigenvalue weighted by Crippen LogP contribution is 2.18. The van der Waals surface area contributed by atoms with Crippen LogP contribution in [0.3, 0.4) is 0 Å². The van der Waals surface area contributed by atoms with Gasteiger partial charge in [0.05, 0.1) is 5.69 Å². The van der Waals surface area contributed by atoms with Gasteiger partial charge in [-0.15, -0.1) is 24.0 Å². The molecule has 0 atom stereocenters. The van der Waals surface area contributed by atoms with Crippen LogP contribution in [0.2, 0.25) is 0 Å². The first-order valence-corrected chi connectivity index (χ1v) is 5.87. The SMILES string of the molecule is CN=C(NC)N(C)Cc1cn(C)nc1C(C)C.I. The number of guanidine groups is 1. The first kappa shape index (κ1) is 17.2. The van der Waals surface area contributed by atoms with E-state index in [4.69, 9.17) is 0 Å². The molecule has 0 radical (unpaired) electrons. The average Bonchev–Trinajstić information content (AvgIpc) is 2.61. The van der Waals surface area contributed by atoms with Gasteiger partial charge in [0.25, 0.3) is 0 Å². The van der Waals surface area contributed by atoms with Crippen LogP contribution in [0.15, 0.2) is 11.2 Å². The standard InChI is InChI=1S/C12H23N5.HI/c1-9(2)11-10(8-17(6)15-11)7-16(5)12(13-3)14-4;/h8-9H,7H2,1-6H3,(H,13,14);1H. The van der Waals surface area contributed by atoms with Crippen molar-refractivity contribution in [3.05, 3.63) is 17.5 Å². The van der Waals surface area contributed by atoms with Crippen LogP contribution in [-0.4, -0.2) is 41.8 Å². The summed E-state index contributed by atoms with van der Waals surface area (Å²) in [4.78, 5) is 6.27. The third-order valence-electron chi connectivity index (χ3n) is 2.69. The predicted octanol–water partition coefficient (Wildman–Crippen LogP) is 1.80. The molecule has 18 heavy (non-hydrogen) atoms. The van der Waals surface area contributed by atoms with Gasteiger partial charge in [0, 0.05) is 46.5 Å². The van der Waals surface area contributed by atoms with Gasteiger partial charge >= 0.3 is 0 Å². The van der Waals surface area contributed by atoms with Crippen LogP contribution in [0.5, 0.6) is 0 Å². The molecule has 1 heterocycles. The van der Waals surface area contributed by atoms with Crippen LogP contribution >= 0.6 is 24.0 Å². The van der Waals surface area contributed by atoms with E-state index in [2.05, 4.69) is 40.4 Å². The van der Waals surface area contributed by atoms with E-state index in [9.17, 15) is 0 Å². The minimum Gasteiger partial charge on any atom is -0.359 e. The zero-order chi connectivity index (χ0) is 13.0. The van der Waals surface area contributed by atoms with Gasteiger partial charge in [0.2, 0.25) is 0 Å². The summed E-state index contributed by atoms with van der Waals surface area (Å²) >= 11 is 0. The second-order valence-electron chi connectivity index (χ2n) is 4.52. The molecule has 1 aromatic rings. The van der Waals surface area contributed by atoms with Crippen LogP contribution in [0.1, 0.15) is 31.0 Å². The fourth-order valence-electron chi connectivity index (χ4n) is 1.97. The number of nitrogens with one attached hydrogen (secondary N) is 1. The number of aliphatic imine (C=N–C) groups is 1. The highest BCUT2D eigenvalue weighted by molar-refractivity contribution is 14.0. The first-order valence-electron chi connectivity index (χ1n) is 5.87. The van der Waals surface area contributed by atoms with Gasteiger partial charge in [0.15, 0.2) is 5.96 Å². The number of nitrogens with zero attached hydrogens (tertiary/aromatic N) is 4. The van der Waals surface area contributed by atoms with Gasteiger partial charge in [-0.3, -0.25) is 9.67 Å². The van der Waals surface area contributed by atoms with Gasteiger partial charge in [-0.2, -0.15) is 5.10 Å². The molecule has 0 unspecified atom stereocenters. The van der Waals surface area contributed by atoms with E-state index in [0.29, 0.717) is 5.92 Å². The van der Waals surface area contributed by atoms with Crippen molar-refractivity contribution < 1.29 is 0 Å². The Labute approximate surface area is 127 Å². The van der Waals surface area contributed by atoms with Crippen LogP contribution in [0.4, 0.5) is 0 Å². The minimum atomic E-state index is 0. The molecule has 1 aromatic heterocycles. The highest BCUT2D eigenvalue weighted by Gasteiger charge is 2.14. The van der Waals surface area contributed by atoms with Gasteiger partial charge in [0.1, 0.15) is 0 Å². The molecule has 0 fully saturated rings. The zero-order valence-corrected chi connectivity index (χ0v) is 14.4. The lowest BCUT2D eigenvalue weighted by atomic mass is 10.1. The summed E-state index contributed by atoms with van der Waals surface area (Å²) in [7, 11) is 7.65. The molecule has 5 nitrogen and oxygen atoms in total. The largest absolute Gasteiger partial charge is 0.359 e. The molecule has 1 N–H and O–H groups in total. The van der Waals surface area contributed by atoms with E-state index < -0.39 is 0 Å². The van der Waals surface area contributed by atoms with Crippen molar-refractivity contribution in [3.8, 4) is 0 Å². The predicted molar refractivity (Wildman–Crippen MR) is 86.6 cm³/mol. The summed E-state index contributed by atoms with van der Waals surface area (Å²) in [5, 5.41) is 7.58. The number of aryl methyl sites for hydroxylation is 1. The minimum absolute atomic E-state index is 0. The molecule has 104 valence electrons. The normalized spacial score (nSPS) is 11.4. The Morgan fingerprint density at radius 3 is 2.61 bits per heavy atom. The lowest BCUT2D eigenvalue weighted by Crippen LogP contribution is -2.36. The summed E-state index contributed by atoms with van der Waals surface area (Å²) in [6, 6.07) is 0. The molecule has 0 aliphatic rings. The molecule has 0 aromatic carbocycles. The van der Waals surface area contributed by atoms with Crippen LogP contribution in [0.25, 0.3) is 0 Å². The third kappa shape index (κ3) is 4.15. The van der Waals surface area contributed by atoms with Gasteiger partial charge in [-0.1, -0.05) is 13.8 Å². The Morgan fingerprint density at radius 2 is 2.17 bits per heavy atom. The number of aromatic nitrogens is 2. The molecule has 0 aliphatic heterocycles. The van der Waals surface area contributed by atoms with Crippen molar-refractivity contribution in [1.82, 2.24) is 20.0 Å². The Bertz CT molecular complexity index is 397. The monoisotopic (exact) mass is 365 g/mol. The molecular formula is C12H24IN5. The number of rotatable bonds is 3. The molecule has 0 aliphatic carbocycles. The van der Waals surface area contributed by atoms with Gasteiger partial charge < -0.3 is 10.2 Å². The van der Waals surface area contributed by atoms with Crippen LogP contribution in [-0.2, 0) is 13.6 Å². The zero-order valence-electron chi connectivity index (χ0n) is 12.1. The molecule has 0 saturated heterocycles. The average molecular weight is 365 g/mol. The van der Waals surface area contributed by atoms with Crippen molar-refractivity contribution in [3.63, 3.8) is 0 Å². The third-order valence-corrected chi connectivity index (χ3v) is 2.69. The van der Waals surface area contributed by atoms with Crippen molar-refractivity contribution in [1.29, 1.82) is 0 Å². The Morgan fingerprint density at radius 1 is 1.56 bits per heavy atom. The quantitative estimate of drug-likeness (QED) is 0.505. The van der Waals surface area contributed by atoms with Crippen molar-refractivity contribution in [2.75, 3.05) is 21.1 Å². The number of hydrogen-bond acceptors (Lipinski definition) is 2. The Kier molecular flexibility index (Phi) is 7.27. The first-order chi connectivity index (χ1) is 7.99. The van der Waals surface area contributed by atoms with E-state index in [0.717, 1.165) is 18.2 Å². The maximum atomic E-state index is 4.50. The second kappa shape index (κ2) is 7.60.